The van der Waals surface area contributed by atoms with Gasteiger partial charge >= 0.3 is 0 Å². The van der Waals surface area contributed by atoms with E-state index in [4.69, 9.17) is 4.74 Å². The second kappa shape index (κ2) is 4.62. The Hall–Kier alpha value is -1.84. The van der Waals surface area contributed by atoms with Crippen LogP contribution in [0.25, 0.3) is 0 Å². The molecule has 3 rings (SSSR count). The Morgan fingerprint density at radius 3 is 2.85 bits per heavy atom. The van der Waals surface area contributed by atoms with Crippen molar-refractivity contribution in [1.82, 2.24) is 4.98 Å². The molecule has 1 heterocycles. The minimum absolute atomic E-state index is 0.310. The van der Waals surface area contributed by atoms with Gasteiger partial charge in [0.25, 0.3) is 0 Å². The highest BCUT2D eigenvalue weighted by Gasteiger charge is 2.53. The predicted molar refractivity (Wildman–Crippen MR) is 77.3 cm³/mol. The van der Waals surface area contributed by atoms with E-state index in [1.807, 2.05) is 12.1 Å². The molecule has 0 aliphatic heterocycles. The van der Waals surface area contributed by atoms with Gasteiger partial charge < -0.3 is 9.94 Å². The second-order valence-corrected chi connectivity index (χ2v) is 5.96. The van der Waals surface area contributed by atoms with Crippen molar-refractivity contribution >= 4 is 5.71 Å². The van der Waals surface area contributed by atoms with Crippen LogP contribution >= 0.6 is 0 Å². The summed E-state index contributed by atoms with van der Waals surface area (Å²) in [6.45, 7) is 8.41. The van der Waals surface area contributed by atoms with E-state index in [0.29, 0.717) is 29.6 Å². The zero-order chi connectivity index (χ0) is 14.4. The van der Waals surface area contributed by atoms with Gasteiger partial charge in [-0.25, -0.2) is 4.98 Å². The average molecular weight is 272 g/mol. The maximum atomic E-state index is 9.44. The molecule has 0 radical (unpaired) electrons. The van der Waals surface area contributed by atoms with Gasteiger partial charge in [0.1, 0.15) is 0 Å². The molecule has 2 aliphatic rings. The fourth-order valence-corrected chi connectivity index (χ4v) is 4.11. The Balaban J connectivity index is 2.04. The van der Waals surface area contributed by atoms with Crippen LogP contribution in [0.2, 0.25) is 0 Å². The first-order chi connectivity index (χ1) is 9.58. The number of aromatic nitrogens is 1. The van der Waals surface area contributed by atoms with E-state index in [-0.39, 0.29) is 0 Å². The second-order valence-electron chi connectivity index (χ2n) is 5.96. The number of hydrogen-bond acceptors (Lipinski definition) is 4. The lowest BCUT2D eigenvalue weighted by Crippen LogP contribution is -2.53. The number of methoxy groups -OCH3 is 1. The summed E-state index contributed by atoms with van der Waals surface area (Å²) in [5.41, 5.74) is 3.91. The van der Waals surface area contributed by atoms with Gasteiger partial charge in [0.15, 0.2) is 0 Å². The van der Waals surface area contributed by atoms with E-state index < -0.39 is 0 Å². The standard InChI is InChI=1S/C16H20N2O2/c1-8(2)14-9(3)15-11(14)7-12-10(16(15)18-19)5-6-13(17-12)20-4/h5-6,9,11,14-15,19H,1,7H2,2-4H3/b18-16-/t9-,11-,14-,15+/m1/s1. The largest absolute Gasteiger partial charge is 0.481 e. The summed E-state index contributed by atoms with van der Waals surface area (Å²) in [6, 6.07) is 3.77. The smallest absolute Gasteiger partial charge is 0.213 e. The Kier molecular flexibility index (Phi) is 3.04. The lowest BCUT2D eigenvalue weighted by Gasteiger charge is -2.53. The molecule has 2 aliphatic carbocycles. The van der Waals surface area contributed by atoms with Crippen molar-refractivity contribution in [2.24, 2.45) is 28.8 Å². The molecule has 0 saturated heterocycles. The van der Waals surface area contributed by atoms with Crippen LogP contribution in [0.15, 0.2) is 29.4 Å². The average Bonchev–Trinajstić information content (AvgIpc) is 2.44. The summed E-state index contributed by atoms with van der Waals surface area (Å²) in [5, 5.41) is 13.0. The molecule has 20 heavy (non-hydrogen) atoms. The lowest BCUT2D eigenvalue weighted by molar-refractivity contribution is 0.0583. The highest BCUT2D eigenvalue weighted by atomic mass is 16.5. The third-order valence-electron chi connectivity index (χ3n) is 4.91. The number of allylic oxidation sites excluding steroid dienone is 1. The van der Waals surface area contributed by atoms with Crippen molar-refractivity contribution in [3.05, 3.63) is 35.5 Å². The molecule has 1 N–H and O–H groups in total. The Morgan fingerprint density at radius 2 is 2.25 bits per heavy atom. The van der Waals surface area contributed by atoms with Crippen molar-refractivity contribution < 1.29 is 9.94 Å². The predicted octanol–water partition coefficient (Wildman–Crippen LogP) is 2.90. The van der Waals surface area contributed by atoms with E-state index in [9.17, 15) is 5.21 Å². The molecule has 0 amide bonds. The van der Waals surface area contributed by atoms with Gasteiger partial charge in [-0.1, -0.05) is 24.2 Å². The van der Waals surface area contributed by atoms with Crippen molar-refractivity contribution in [2.75, 3.05) is 7.11 Å². The van der Waals surface area contributed by atoms with Crippen LogP contribution in [-0.2, 0) is 6.42 Å². The first-order valence-corrected chi connectivity index (χ1v) is 7.00. The molecule has 4 nitrogen and oxygen atoms in total. The van der Waals surface area contributed by atoms with Gasteiger partial charge in [0, 0.05) is 17.5 Å². The van der Waals surface area contributed by atoms with Crippen LogP contribution in [0, 0.1) is 23.7 Å². The highest BCUT2D eigenvalue weighted by molar-refractivity contribution is 6.04. The van der Waals surface area contributed by atoms with Gasteiger partial charge in [-0.15, -0.1) is 0 Å². The third-order valence-corrected chi connectivity index (χ3v) is 4.91. The van der Waals surface area contributed by atoms with Crippen LogP contribution < -0.4 is 4.74 Å². The first kappa shape index (κ1) is 13.2. The summed E-state index contributed by atoms with van der Waals surface area (Å²) < 4.78 is 5.19. The van der Waals surface area contributed by atoms with Crippen molar-refractivity contribution in [3.8, 4) is 5.88 Å². The molecule has 0 aromatic carbocycles. The maximum absolute atomic E-state index is 9.44. The fourth-order valence-electron chi connectivity index (χ4n) is 4.11. The molecule has 0 bridgehead atoms. The minimum atomic E-state index is 0.310. The van der Waals surface area contributed by atoms with Gasteiger partial charge in [-0.3, -0.25) is 0 Å². The summed E-state index contributed by atoms with van der Waals surface area (Å²) in [5.74, 6) is 2.32. The van der Waals surface area contributed by atoms with E-state index in [0.717, 1.165) is 23.4 Å². The summed E-state index contributed by atoms with van der Waals surface area (Å²) in [6.07, 6.45) is 0.901. The topological polar surface area (TPSA) is 54.7 Å². The zero-order valence-electron chi connectivity index (χ0n) is 12.1. The lowest BCUT2D eigenvalue weighted by atomic mass is 9.50. The quantitative estimate of drug-likeness (QED) is 0.511. The number of rotatable bonds is 2. The van der Waals surface area contributed by atoms with E-state index >= 15 is 0 Å². The van der Waals surface area contributed by atoms with Crippen LogP contribution in [0.4, 0.5) is 0 Å². The van der Waals surface area contributed by atoms with Crippen LogP contribution in [0.1, 0.15) is 25.1 Å². The maximum Gasteiger partial charge on any atom is 0.213 e. The minimum Gasteiger partial charge on any atom is -0.481 e. The first-order valence-electron chi connectivity index (χ1n) is 7.00. The fraction of sp³-hybridized carbons (Fsp3) is 0.500. The molecule has 4 atom stereocenters. The number of hydrogen-bond donors (Lipinski definition) is 1. The summed E-state index contributed by atoms with van der Waals surface area (Å²) in [7, 11) is 1.61. The third kappa shape index (κ3) is 1.67. The number of fused-ring (bicyclic) bond motifs is 2. The summed E-state index contributed by atoms with van der Waals surface area (Å²) in [4.78, 5) is 4.52. The van der Waals surface area contributed by atoms with Crippen LogP contribution in [0.5, 0.6) is 5.88 Å². The molecule has 0 unspecified atom stereocenters. The Bertz CT molecular complexity index is 594. The highest BCUT2D eigenvalue weighted by Crippen LogP contribution is 2.54. The van der Waals surface area contributed by atoms with Crippen LogP contribution in [0.3, 0.4) is 0 Å². The SMILES string of the molecule is C=C(C)[C@@H]1[C@@H](C)[C@@H]2/C(=N\O)c3ccc(OC)nc3C[C@H]12. The van der Waals surface area contributed by atoms with Gasteiger partial charge in [0.2, 0.25) is 5.88 Å². The number of oxime groups is 1. The zero-order valence-corrected chi connectivity index (χ0v) is 12.1. The van der Waals surface area contributed by atoms with Crippen molar-refractivity contribution in [2.45, 2.75) is 20.3 Å². The normalized spacial score (nSPS) is 33.0. The van der Waals surface area contributed by atoms with E-state index in [2.05, 4.69) is 30.6 Å². The molecule has 0 spiro atoms. The molecule has 1 saturated carbocycles. The van der Waals surface area contributed by atoms with Gasteiger partial charge in [0.05, 0.1) is 18.5 Å². The molecule has 1 aromatic rings. The molecule has 4 heteroatoms. The van der Waals surface area contributed by atoms with Gasteiger partial charge in [-0.2, -0.15) is 0 Å². The van der Waals surface area contributed by atoms with Gasteiger partial charge in [-0.05, 0) is 37.2 Å². The number of pyridine rings is 1. The van der Waals surface area contributed by atoms with Crippen LogP contribution in [-0.4, -0.2) is 23.0 Å². The Morgan fingerprint density at radius 1 is 1.50 bits per heavy atom. The Labute approximate surface area is 119 Å². The van der Waals surface area contributed by atoms with E-state index in [1.54, 1.807) is 7.11 Å². The number of ether oxygens (including phenoxy) is 1. The molecular weight excluding hydrogens is 252 g/mol. The van der Waals surface area contributed by atoms with E-state index in [1.165, 1.54) is 5.57 Å². The summed E-state index contributed by atoms with van der Waals surface area (Å²) >= 11 is 0. The van der Waals surface area contributed by atoms with Crippen molar-refractivity contribution in [1.29, 1.82) is 0 Å². The molecule has 106 valence electrons. The molecule has 1 fully saturated rings. The van der Waals surface area contributed by atoms with Crippen molar-refractivity contribution in [3.63, 3.8) is 0 Å². The molecule has 1 aromatic heterocycles. The number of nitrogens with zero attached hydrogens (tertiary/aromatic N) is 2. The molecular formula is C16H20N2O2. The monoisotopic (exact) mass is 272 g/mol.